The minimum atomic E-state index is -0.232. The zero-order valence-corrected chi connectivity index (χ0v) is 8.58. The summed E-state index contributed by atoms with van der Waals surface area (Å²) < 4.78 is 2.57. The number of aryl methyl sites for hydroxylation is 1. The summed E-state index contributed by atoms with van der Waals surface area (Å²) in [7, 11) is 1.59. The van der Waals surface area contributed by atoms with Crippen molar-refractivity contribution >= 4 is 5.78 Å². The first-order chi connectivity index (χ1) is 7.75. The Morgan fingerprint density at radius 2 is 2.00 bits per heavy atom. The van der Waals surface area contributed by atoms with E-state index in [-0.39, 0.29) is 5.69 Å². The zero-order valence-electron chi connectivity index (χ0n) is 8.58. The average Bonchev–Trinajstić information content (AvgIpc) is 2.82. The van der Waals surface area contributed by atoms with Crippen LogP contribution in [0.2, 0.25) is 0 Å². The standard InChI is InChI=1S/C10H9N5O/c1-14-10(16)15-9(13-14)11-8(12-15)7-5-3-2-4-6-7/h2-6H,1H3,(H,11,12,13). The number of hydrogen-bond acceptors (Lipinski definition) is 3. The fourth-order valence-corrected chi connectivity index (χ4v) is 1.58. The fraction of sp³-hybridized carbons (Fsp3) is 0.100. The van der Waals surface area contributed by atoms with Crippen molar-refractivity contribution in [3.05, 3.63) is 40.8 Å². The lowest BCUT2D eigenvalue weighted by molar-refractivity contribution is 0.715. The van der Waals surface area contributed by atoms with Gasteiger partial charge in [0.25, 0.3) is 5.78 Å². The number of benzene rings is 1. The van der Waals surface area contributed by atoms with Gasteiger partial charge in [-0.15, -0.1) is 5.10 Å². The molecule has 6 heteroatoms. The van der Waals surface area contributed by atoms with Crippen molar-refractivity contribution in [1.29, 1.82) is 0 Å². The number of hydrogen-bond donors (Lipinski definition) is 1. The summed E-state index contributed by atoms with van der Waals surface area (Å²) in [5.41, 5.74) is 0.694. The van der Waals surface area contributed by atoms with E-state index >= 15 is 0 Å². The van der Waals surface area contributed by atoms with Crippen LogP contribution in [0.25, 0.3) is 17.2 Å². The molecule has 3 aromatic rings. The quantitative estimate of drug-likeness (QED) is 0.639. The molecule has 0 aliphatic rings. The van der Waals surface area contributed by atoms with Crippen LogP contribution in [0.4, 0.5) is 0 Å². The lowest BCUT2D eigenvalue weighted by Crippen LogP contribution is -2.18. The zero-order chi connectivity index (χ0) is 11.1. The smallest absolute Gasteiger partial charge is 0.270 e. The maximum atomic E-state index is 11.6. The molecular weight excluding hydrogens is 206 g/mol. The topological polar surface area (TPSA) is 68.0 Å². The van der Waals surface area contributed by atoms with Gasteiger partial charge >= 0.3 is 5.69 Å². The van der Waals surface area contributed by atoms with E-state index in [9.17, 15) is 4.79 Å². The molecule has 0 spiro atoms. The molecule has 6 nitrogen and oxygen atoms in total. The first-order valence-corrected chi connectivity index (χ1v) is 4.83. The van der Waals surface area contributed by atoms with Crippen LogP contribution in [0.5, 0.6) is 0 Å². The molecule has 0 saturated carbocycles. The van der Waals surface area contributed by atoms with E-state index < -0.39 is 0 Å². The minimum absolute atomic E-state index is 0.232. The first-order valence-electron chi connectivity index (χ1n) is 4.83. The van der Waals surface area contributed by atoms with Crippen molar-refractivity contribution in [2.75, 3.05) is 0 Å². The molecule has 80 valence electrons. The maximum Gasteiger partial charge on any atom is 0.366 e. The first kappa shape index (κ1) is 8.90. The Hall–Kier alpha value is -2.37. The van der Waals surface area contributed by atoms with Crippen molar-refractivity contribution in [3.63, 3.8) is 0 Å². The lowest BCUT2D eigenvalue weighted by Gasteiger charge is -1.93. The molecule has 0 atom stereocenters. The van der Waals surface area contributed by atoms with Crippen LogP contribution in [0.3, 0.4) is 0 Å². The summed E-state index contributed by atoms with van der Waals surface area (Å²) in [4.78, 5) is 15.8. The third kappa shape index (κ3) is 1.16. The van der Waals surface area contributed by atoms with Gasteiger partial charge in [0.15, 0.2) is 5.82 Å². The number of nitrogens with zero attached hydrogens (tertiary/aromatic N) is 4. The number of rotatable bonds is 1. The third-order valence-corrected chi connectivity index (χ3v) is 2.38. The molecule has 2 heterocycles. The molecule has 1 N–H and O–H groups in total. The molecule has 0 saturated heterocycles. The molecule has 0 unspecified atom stereocenters. The van der Waals surface area contributed by atoms with Crippen molar-refractivity contribution in [2.24, 2.45) is 7.05 Å². The van der Waals surface area contributed by atoms with Crippen LogP contribution in [0, 0.1) is 0 Å². The Labute approximate surface area is 90.1 Å². The van der Waals surface area contributed by atoms with Gasteiger partial charge in [0.1, 0.15) is 0 Å². The lowest BCUT2D eigenvalue weighted by atomic mass is 10.2. The molecule has 0 radical (unpaired) electrons. The predicted molar refractivity (Wildman–Crippen MR) is 58.0 cm³/mol. The van der Waals surface area contributed by atoms with Crippen molar-refractivity contribution in [1.82, 2.24) is 24.4 Å². The van der Waals surface area contributed by atoms with Crippen LogP contribution >= 0.6 is 0 Å². The van der Waals surface area contributed by atoms with Crippen LogP contribution in [0.1, 0.15) is 0 Å². The summed E-state index contributed by atoms with van der Waals surface area (Å²) in [6.45, 7) is 0. The summed E-state index contributed by atoms with van der Waals surface area (Å²) in [5.74, 6) is 1.02. The van der Waals surface area contributed by atoms with Crippen LogP contribution in [0.15, 0.2) is 35.1 Å². The molecule has 0 aliphatic carbocycles. The second kappa shape index (κ2) is 3.06. The van der Waals surface area contributed by atoms with E-state index in [1.165, 1.54) is 9.20 Å². The maximum absolute atomic E-state index is 11.6. The van der Waals surface area contributed by atoms with Crippen molar-refractivity contribution in [3.8, 4) is 11.4 Å². The van der Waals surface area contributed by atoms with Gasteiger partial charge in [-0.3, -0.25) is 5.10 Å². The normalized spacial score (nSPS) is 11.1. The Kier molecular flexibility index (Phi) is 1.70. The molecule has 3 rings (SSSR count). The number of aromatic nitrogens is 5. The number of H-pyrrole nitrogens is 1. The van der Waals surface area contributed by atoms with Gasteiger partial charge < -0.3 is 0 Å². The molecule has 0 fully saturated rings. The number of nitrogens with one attached hydrogen (secondary N) is 1. The summed E-state index contributed by atoms with van der Waals surface area (Å²) in [6.07, 6.45) is 0. The highest BCUT2D eigenvalue weighted by Crippen LogP contribution is 2.13. The Morgan fingerprint density at radius 3 is 2.69 bits per heavy atom. The van der Waals surface area contributed by atoms with E-state index in [0.717, 1.165) is 5.56 Å². The van der Waals surface area contributed by atoms with Crippen LogP contribution in [-0.2, 0) is 7.05 Å². The molecule has 1 aromatic carbocycles. The second-order valence-corrected chi connectivity index (χ2v) is 3.48. The summed E-state index contributed by atoms with van der Waals surface area (Å²) in [5, 5.41) is 6.89. The van der Waals surface area contributed by atoms with E-state index in [2.05, 4.69) is 15.2 Å². The molecular formula is C10H9N5O. The van der Waals surface area contributed by atoms with Gasteiger partial charge in [0.05, 0.1) is 0 Å². The highest BCUT2D eigenvalue weighted by molar-refractivity contribution is 5.56. The van der Waals surface area contributed by atoms with E-state index in [0.29, 0.717) is 11.6 Å². The van der Waals surface area contributed by atoms with E-state index in [1.807, 2.05) is 30.3 Å². The van der Waals surface area contributed by atoms with Crippen molar-refractivity contribution < 1.29 is 0 Å². The summed E-state index contributed by atoms with van der Waals surface area (Å²) in [6, 6.07) is 9.60. The number of fused-ring (bicyclic) bond motifs is 1. The van der Waals surface area contributed by atoms with Gasteiger partial charge in [-0.25, -0.2) is 9.48 Å². The molecule has 2 aromatic heterocycles. The average molecular weight is 215 g/mol. The van der Waals surface area contributed by atoms with Gasteiger partial charge in [0, 0.05) is 12.6 Å². The molecule has 16 heavy (non-hydrogen) atoms. The Morgan fingerprint density at radius 1 is 1.25 bits per heavy atom. The van der Waals surface area contributed by atoms with Crippen LogP contribution in [-0.4, -0.2) is 24.4 Å². The van der Waals surface area contributed by atoms with E-state index in [1.54, 1.807) is 7.05 Å². The molecule has 0 bridgehead atoms. The monoisotopic (exact) mass is 215 g/mol. The molecule has 0 amide bonds. The fourth-order valence-electron chi connectivity index (χ4n) is 1.58. The SMILES string of the molecule is Cn1nc2nc(-c3ccccc3)[nH]n2c1=O. The van der Waals surface area contributed by atoms with Gasteiger partial charge in [-0.2, -0.15) is 9.50 Å². The molecule has 0 aliphatic heterocycles. The highest BCUT2D eigenvalue weighted by atomic mass is 16.2. The second-order valence-electron chi connectivity index (χ2n) is 3.48. The third-order valence-electron chi connectivity index (χ3n) is 2.38. The highest BCUT2D eigenvalue weighted by Gasteiger charge is 2.09. The van der Waals surface area contributed by atoms with E-state index in [4.69, 9.17) is 0 Å². The van der Waals surface area contributed by atoms with Gasteiger partial charge in [-0.05, 0) is 0 Å². The Balaban J connectivity index is 2.24. The van der Waals surface area contributed by atoms with Gasteiger partial charge in [0.2, 0.25) is 0 Å². The van der Waals surface area contributed by atoms with Gasteiger partial charge in [-0.1, -0.05) is 30.3 Å². The van der Waals surface area contributed by atoms with Crippen molar-refractivity contribution in [2.45, 2.75) is 0 Å². The predicted octanol–water partition coefficient (Wildman–Crippen LogP) is 0.423. The van der Waals surface area contributed by atoms with Crippen LogP contribution < -0.4 is 5.69 Å². The number of aromatic amines is 1. The largest absolute Gasteiger partial charge is 0.366 e. The summed E-state index contributed by atoms with van der Waals surface area (Å²) >= 11 is 0. The Bertz CT molecular complexity index is 691. The minimum Gasteiger partial charge on any atom is -0.270 e.